The highest BCUT2D eigenvalue weighted by molar-refractivity contribution is 6.01. The van der Waals surface area contributed by atoms with Crippen LogP contribution in [-0.4, -0.2) is 11.1 Å². The van der Waals surface area contributed by atoms with E-state index in [-0.39, 0.29) is 5.56 Å². The van der Waals surface area contributed by atoms with Gasteiger partial charge in [-0.2, -0.15) is 0 Å². The molecule has 3 heteroatoms. The molecule has 3 nitrogen and oxygen atoms in total. The lowest BCUT2D eigenvalue weighted by atomic mass is 9.88. The molecule has 0 atom stereocenters. The molecule has 1 aromatic carbocycles. The lowest BCUT2D eigenvalue weighted by Crippen LogP contribution is -2.11. The van der Waals surface area contributed by atoms with E-state index in [9.17, 15) is 9.90 Å². The van der Waals surface area contributed by atoms with Crippen LogP contribution in [0.1, 0.15) is 59.8 Å². The molecule has 0 aliphatic heterocycles. The highest BCUT2D eigenvalue weighted by Gasteiger charge is 2.21. The van der Waals surface area contributed by atoms with Crippen molar-refractivity contribution < 1.29 is 9.90 Å². The number of carbonyl (C=O) groups is 1. The topological polar surface area (TPSA) is 63.3 Å². The molecule has 0 aliphatic carbocycles. The summed E-state index contributed by atoms with van der Waals surface area (Å²) in [6.07, 6.45) is 9.27. The maximum absolute atomic E-state index is 11.6. The van der Waals surface area contributed by atoms with Crippen LogP contribution in [0.25, 0.3) is 12.2 Å². The van der Waals surface area contributed by atoms with Crippen molar-refractivity contribution in [3.8, 4) is 0 Å². The largest absolute Gasteiger partial charge is 0.478 e. The molecule has 0 amide bonds. The van der Waals surface area contributed by atoms with Crippen molar-refractivity contribution in [2.24, 2.45) is 0 Å². The van der Waals surface area contributed by atoms with Crippen molar-refractivity contribution >= 4 is 23.8 Å². The van der Waals surface area contributed by atoms with E-state index in [1.54, 1.807) is 0 Å². The van der Waals surface area contributed by atoms with Crippen LogP contribution in [0.5, 0.6) is 0 Å². The van der Waals surface area contributed by atoms with Gasteiger partial charge in [-0.3, -0.25) is 0 Å². The van der Waals surface area contributed by atoms with Crippen LogP contribution in [0.2, 0.25) is 0 Å². The second kappa shape index (κ2) is 6.94. The van der Waals surface area contributed by atoms with Crippen LogP contribution < -0.4 is 5.73 Å². The Labute approximate surface area is 120 Å². The number of nitrogen functional groups attached to an aromatic ring is 1. The molecule has 0 radical (unpaired) electrons. The molecule has 20 heavy (non-hydrogen) atoms. The first-order valence-corrected chi connectivity index (χ1v) is 6.96. The van der Waals surface area contributed by atoms with Crippen molar-refractivity contribution in [2.75, 3.05) is 5.73 Å². The zero-order valence-electron chi connectivity index (χ0n) is 12.7. The van der Waals surface area contributed by atoms with Crippen molar-refractivity contribution in [1.82, 2.24) is 0 Å². The second-order valence-electron chi connectivity index (χ2n) is 4.69. The SMILES string of the molecule is C/C=C\c1c(CC)c(C)c(/C=C\CC)c(N)c1C(=O)O. The minimum absolute atomic E-state index is 0.210. The fourth-order valence-corrected chi connectivity index (χ4v) is 2.48. The summed E-state index contributed by atoms with van der Waals surface area (Å²) in [5, 5.41) is 9.50. The maximum Gasteiger partial charge on any atom is 0.338 e. The Bertz CT molecular complexity index is 569. The molecule has 108 valence electrons. The van der Waals surface area contributed by atoms with Gasteiger partial charge < -0.3 is 10.8 Å². The molecule has 0 saturated carbocycles. The van der Waals surface area contributed by atoms with E-state index in [1.807, 2.05) is 52.0 Å². The van der Waals surface area contributed by atoms with E-state index in [2.05, 4.69) is 0 Å². The number of aromatic carboxylic acids is 1. The molecule has 1 rings (SSSR count). The van der Waals surface area contributed by atoms with Crippen molar-refractivity contribution in [3.63, 3.8) is 0 Å². The third-order valence-electron chi connectivity index (χ3n) is 3.43. The van der Waals surface area contributed by atoms with E-state index >= 15 is 0 Å². The number of benzene rings is 1. The monoisotopic (exact) mass is 273 g/mol. The van der Waals surface area contributed by atoms with Gasteiger partial charge in [-0.15, -0.1) is 0 Å². The smallest absolute Gasteiger partial charge is 0.338 e. The number of carboxylic acids is 1. The Balaban J connectivity index is 3.80. The summed E-state index contributed by atoms with van der Waals surface area (Å²) in [5.74, 6) is -0.976. The predicted molar refractivity (Wildman–Crippen MR) is 86.0 cm³/mol. The molecule has 0 heterocycles. The van der Waals surface area contributed by atoms with E-state index in [4.69, 9.17) is 5.73 Å². The Morgan fingerprint density at radius 1 is 1.25 bits per heavy atom. The average Bonchev–Trinajstić information content (AvgIpc) is 2.39. The molecule has 0 fully saturated rings. The molecule has 1 aromatic rings. The van der Waals surface area contributed by atoms with Gasteiger partial charge in [0, 0.05) is 5.56 Å². The number of hydrogen-bond acceptors (Lipinski definition) is 2. The van der Waals surface area contributed by atoms with Gasteiger partial charge in [0.1, 0.15) is 0 Å². The van der Waals surface area contributed by atoms with E-state index in [1.165, 1.54) is 0 Å². The molecular weight excluding hydrogens is 250 g/mol. The van der Waals surface area contributed by atoms with Gasteiger partial charge in [0.05, 0.1) is 11.3 Å². The summed E-state index contributed by atoms with van der Waals surface area (Å²) in [6, 6.07) is 0. The van der Waals surface area contributed by atoms with Gasteiger partial charge >= 0.3 is 5.97 Å². The summed E-state index contributed by atoms with van der Waals surface area (Å²) >= 11 is 0. The number of hydrogen-bond donors (Lipinski definition) is 2. The zero-order valence-corrected chi connectivity index (χ0v) is 12.7. The quantitative estimate of drug-likeness (QED) is 0.786. The number of carboxylic acid groups (broad SMARTS) is 1. The van der Waals surface area contributed by atoms with Gasteiger partial charge in [-0.25, -0.2) is 4.79 Å². The van der Waals surface area contributed by atoms with E-state index in [0.29, 0.717) is 5.69 Å². The summed E-state index contributed by atoms with van der Waals surface area (Å²) in [7, 11) is 0. The van der Waals surface area contributed by atoms with Gasteiger partial charge in [0.2, 0.25) is 0 Å². The first kappa shape index (κ1) is 16.0. The maximum atomic E-state index is 11.6. The fourth-order valence-electron chi connectivity index (χ4n) is 2.48. The van der Waals surface area contributed by atoms with Crippen molar-refractivity contribution in [3.05, 3.63) is 40.0 Å². The molecule has 0 aliphatic rings. The summed E-state index contributed by atoms with van der Waals surface area (Å²) in [6.45, 7) is 7.95. The third-order valence-corrected chi connectivity index (χ3v) is 3.43. The number of rotatable bonds is 5. The number of anilines is 1. The van der Waals surface area contributed by atoms with Crippen molar-refractivity contribution in [1.29, 1.82) is 0 Å². The van der Waals surface area contributed by atoms with Crippen molar-refractivity contribution in [2.45, 2.75) is 40.5 Å². The molecule has 0 unspecified atom stereocenters. The number of nitrogens with two attached hydrogens (primary N) is 1. The summed E-state index contributed by atoms with van der Waals surface area (Å²) in [5.41, 5.74) is 10.3. The minimum atomic E-state index is -0.976. The molecule has 0 bridgehead atoms. The second-order valence-corrected chi connectivity index (χ2v) is 4.69. The van der Waals surface area contributed by atoms with Gasteiger partial charge in [0.15, 0.2) is 0 Å². The minimum Gasteiger partial charge on any atom is -0.478 e. The normalized spacial score (nSPS) is 11.6. The van der Waals surface area contributed by atoms with Gasteiger partial charge in [-0.05, 0) is 43.4 Å². The lowest BCUT2D eigenvalue weighted by Gasteiger charge is -2.18. The van der Waals surface area contributed by atoms with E-state index in [0.717, 1.165) is 35.1 Å². The van der Waals surface area contributed by atoms with E-state index < -0.39 is 5.97 Å². The van der Waals surface area contributed by atoms with Crippen LogP contribution in [0.3, 0.4) is 0 Å². The highest BCUT2D eigenvalue weighted by atomic mass is 16.4. The average molecular weight is 273 g/mol. The Kier molecular flexibility index (Phi) is 5.56. The molecule has 0 aromatic heterocycles. The van der Waals surface area contributed by atoms with Crippen LogP contribution in [0.15, 0.2) is 12.2 Å². The fraction of sp³-hybridized carbons (Fsp3) is 0.353. The molecule has 3 N–H and O–H groups in total. The van der Waals surface area contributed by atoms with Crippen LogP contribution >= 0.6 is 0 Å². The summed E-state index contributed by atoms with van der Waals surface area (Å²) in [4.78, 5) is 11.6. The summed E-state index contributed by atoms with van der Waals surface area (Å²) < 4.78 is 0. The van der Waals surface area contributed by atoms with Gasteiger partial charge in [-0.1, -0.05) is 38.2 Å². The number of allylic oxidation sites excluding steroid dienone is 2. The highest BCUT2D eigenvalue weighted by Crippen LogP contribution is 2.32. The van der Waals surface area contributed by atoms with Crippen LogP contribution in [0, 0.1) is 6.92 Å². The lowest BCUT2D eigenvalue weighted by molar-refractivity contribution is 0.0697. The molecule has 0 saturated heterocycles. The van der Waals surface area contributed by atoms with Crippen LogP contribution in [0.4, 0.5) is 5.69 Å². The third kappa shape index (κ3) is 2.93. The van der Waals surface area contributed by atoms with Crippen LogP contribution in [-0.2, 0) is 6.42 Å². The van der Waals surface area contributed by atoms with Gasteiger partial charge in [0.25, 0.3) is 0 Å². The molecule has 0 spiro atoms. The standard InChI is InChI=1S/C17H23NO2/c1-5-8-10-13-11(4)12(7-3)14(9-6-2)15(16(13)18)17(19)20/h6,8-10H,5,7,18H2,1-4H3,(H,19,20)/b9-6-,10-8-. The first-order valence-electron chi connectivity index (χ1n) is 6.96. The first-order chi connectivity index (χ1) is 9.49. The zero-order chi connectivity index (χ0) is 15.3. The Morgan fingerprint density at radius 2 is 1.90 bits per heavy atom. The Hall–Kier alpha value is -2.03. The predicted octanol–water partition coefficient (Wildman–Crippen LogP) is 4.29. The Morgan fingerprint density at radius 3 is 2.35 bits per heavy atom. The molecular formula is C17H23NO2.